The Bertz CT molecular complexity index is 915. The van der Waals surface area contributed by atoms with E-state index < -0.39 is 6.17 Å². The molecule has 5 N–H and O–H groups in total. The number of benzene rings is 2. The first-order chi connectivity index (χ1) is 13.2. The highest BCUT2D eigenvalue weighted by atomic mass is 15.1. The molecule has 5 nitrogen and oxygen atoms in total. The predicted molar refractivity (Wildman–Crippen MR) is 111 cm³/mol. The summed E-state index contributed by atoms with van der Waals surface area (Å²) in [5, 5.41) is 4.37. The van der Waals surface area contributed by atoms with Crippen LogP contribution in [-0.2, 0) is 0 Å². The van der Waals surface area contributed by atoms with Crippen LogP contribution in [-0.4, -0.2) is 9.97 Å². The van der Waals surface area contributed by atoms with Gasteiger partial charge in [0.05, 0.1) is 5.52 Å². The van der Waals surface area contributed by atoms with Gasteiger partial charge in [0.2, 0.25) is 0 Å². The van der Waals surface area contributed by atoms with Crippen molar-refractivity contribution >= 4 is 22.4 Å². The number of aromatic nitrogens is 2. The Balaban J connectivity index is 1.71. The van der Waals surface area contributed by atoms with Crippen molar-refractivity contribution in [3.05, 3.63) is 59.9 Å². The molecular formula is C22H27N5. The van der Waals surface area contributed by atoms with Gasteiger partial charge < -0.3 is 16.8 Å². The number of hydrogen-bond acceptors (Lipinski definition) is 5. The largest absolute Gasteiger partial charge is 0.398 e. The maximum atomic E-state index is 6.42. The van der Waals surface area contributed by atoms with E-state index in [0.717, 1.165) is 41.0 Å². The quantitative estimate of drug-likeness (QED) is 0.355. The molecule has 2 aromatic carbocycles. The van der Waals surface area contributed by atoms with E-state index in [1.807, 2.05) is 48.5 Å². The van der Waals surface area contributed by atoms with Crippen LogP contribution in [0.1, 0.15) is 62.0 Å². The van der Waals surface area contributed by atoms with Gasteiger partial charge in [0.25, 0.3) is 0 Å². The lowest BCUT2D eigenvalue weighted by Crippen LogP contribution is -2.22. The van der Waals surface area contributed by atoms with E-state index in [0.29, 0.717) is 11.6 Å². The lowest BCUT2D eigenvalue weighted by atomic mass is 9.99. The van der Waals surface area contributed by atoms with E-state index in [4.69, 9.17) is 21.4 Å². The van der Waals surface area contributed by atoms with Gasteiger partial charge in [-0.05, 0) is 31.0 Å². The Labute approximate surface area is 160 Å². The summed E-state index contributed by atoms with van der Waals surface area (Å²) in [5.74, 6) is 2.15. The van der Waals surface area contributed by atoms with Crippen molar-refractivity contribution in [3.63, 3.8) is 0 Å². The Hall–Kier alpha value is -2.66. The number of fused-ring (bicyclic) bond motifs is 1. The van der Waals surface area contributed by atoms with Crippen LogP contribution in [0.4, 0.5) is 11.5 Å². The highest BCUT2D eigenvalue weighted by molar-refractivity contribution is 5.89. The zero-order valence-electron chi connectivity index (χ0n) is 15.6. The second-order valence-corrected chi connectivity index (χ2v) is 7.39. The van der Waals surface area contributed by atoms with Gasteiger partial charge in [0.15, 0.2) is 0 Å². The number of hydrogen-bond donors (Lipinski definition) is 3. The van der Waals surface area contributed by atoms with E-state index in [1.165, 1.54) is 25.7 Å². The van der Waals surface area contributed by atoms with Crippen LogP contribution in [0, 0.1) is 0 Å². The monoisotopic (exact) mass is 361 g/mol. The molecule has 1 heterocycles. The van der Waals surface area contributed by atoms with Gasteiger partial charge in [-0.15, -0.1) is 0 Å². The number of anilines is 2. The number of nitrogens with zero attached hydrogens (tertiary/aromatic N) is 2. The van der Waals surface area contributed by atoms with Crippen LogP contribution in [0.5, 0.6) is 0 Å². The smallest absolute Gasteiger partial charge is 0.139 e. The highest BCUT2D eigenvalue weighted by Crippen LogP contribution is 2.33. The molecule has 1 aliphatic carbocycles. The first-order valence-corrected chi connectivity index (χ1v) is 9.85. The number of nitrogens with one attached hydrogen (secondary N) is 1. The highest BCUT2D eigenvalue weighted by Gasteiger charge is 2.20. The van der Waals surface area contributed by atoms with Crippen molar-refractivity contribution in [1.82, 2.24) is 9.97 Å². The summed E-state index contributed by atoms with van der Waals surface area (Å²) in [4.78, 5) is 9.80. The van der Waals surface area contributed by atoms with Crippen molar-refractivity contribution in [2.24, 2.45) is 5.73 Å². The molecule has 5 heteroatoms. The topological polar surface area (TPSA) is 89.8 Å². The van der Waals surface area contributed by atoms with Crippen molar-refractivity contribution in [1.29, 1.82) is 0 Å². The molecule has 27 heavy (non-hydrogen) atoms. The van der Waals surface area contributed by atoms with Gasteiger partial charge in [-0.25, -0.2) is 9.97 Å². The SMILES string of the molecule is Nc1ccccc1C(N)Nc1nc(C2CCCCCC2)nc2ccccc12. The molecule has 4 rings (SSSR count). The molecule has 3 aromatic rings. The van der Waals surface area contributed by atoms with Crippen LogP contribution in [0.15, 0.2) is 48.5 Å². The summed E-state index contributed by atoms with van der Waals surface area (Å²) in [5.41, 5.74) is 15.0. The molecule has 1 atom stereocenters. The van der Waals surface area contributed by atoms with Crippen LogP contribution >= 0.6 is 0 Å². The van der Waals surface area contributed by atoms with Gasteiger partial charge in [0.1, 0.15) is 17.8 Å². The van der Waals surface area contributed by atoms with Gasteiger partial charge in [-0.2, -0.15) is 0 Å². The summed E-state index contributed by atoms with van der Waals surface area (Å²) >= 11 is 0. The van der Waals surface area contributed by atoms with Gasteiger partial charge >= 0.3 is 0 Å². The summed E-state index contributed by atoms with van der Waals surface area (Å²) in [6, 6.07) is 15.8. The zero-order valence-corrected chi connectivity index (χ0v) is 15.6. The predicted octanol–water partition coefficient (Wildman–Crippen LogP) is 4.72. The average molecular weight is 361 g/mol. The third kappa shape index (κ3) is 3.88. The molecule has 0 saturated heterocycles. The zero-order chi connectivity index (χ0) is 18.6. The summed E-state index contributed by atoms with van der Waals surface area (Å²) in [7, 11) is 0. The third-order valence-corrected chi connectivity index (χ3v) is 5.46. The number of rotatable bonds is 4. The van der Waals surface area contributed by atoms with Crippen LogP contribution in [0.3, 0.4) is 0 Å². The summed E-state index contributed by atoms with van der Waals surface area (Å²) in [6.07, 6.45) is 7.03. The number of nitrogens with two attached hydrogens (primary N) is 2. The van der Waals surface area contributed by atoms with Gasteiger partial charge in [-0.1, -0.05) is 56.0 Å². The Morgan fingerprint density at radius 1 is 0.889 bits per heavy atom. The Kier molecular flexibility index (Phi) is 5.21. The lowest BCUT2D eigenvalue weighted by molar-refractivity contribution is 0.563. The maximum absolute atomic E-state index is 6.42. The van der Waals surface area contributed by atoms with Gasteiger partial charge in [-0.3, -0.25) is 0 Å². The summed E-state index contributed by atoms with van der Waals surface area (Å²) < 4.78 is 0. The van der Waals surface area contributed by atoms with E-state index in [-0.39, 0.29) is 0 Å². The third-order valence-electron chi connectivity index (χ3n) is 5.46. The molecule has 0 amide bonds. The minimum absolute atomic E-state index is 0.425. The maximum Gasteiger partial charge on any atom is 0.139 e. The molecule has 0 aliphatic heterocycles. The molecule has 140 valence electrons. The van der Waals surface area contributed by atoms with E-state index >= 15 is 0 Å². The summed E-state index contributed by atoms with van der Waals surface area (Å²) in [6.45, 7) is 0. The fraction of sp³-hybridized carbons (Fsp3) is 0.364. The Morgan fingerprint density at radius 2 is 1.59 bits per heavy atom. The fourth-order valence-corrected chi connectivity index (χ4v) is 3.94. The minimum Gasteiger partial charge on any atom is -0.398 e. The van der Waals surface area contributed by atoms with Crippen LogP contribution in [0.2, 0.25) is 0 Å². The normalized spacial score (nSPS) is 16.8. The molecule has 0 radical (unpaired) electrons. The average Bonchev–Trinajstić information content (AvgIpc) is 2.98. The molecule has 0 spiro atoms. The number of para-hydroxylation sites is 2. The Morgan fingerprint density at radius 3 is 2.37 bits per heavy atom. The number of nitrogen functional groups attached to an aromatic ring is 1. The fourth-order valence-electron chi connectivity index (χ4n) is 3.94. The minimum atomic E-state index is -0.425. The standard InChI is InChI=1S/C22H27N5/c23-18-13-7-5-11-16(18)20(24)26-22-17-12-6-8-14-19(17)25-21(27-22)15-9-3-1-2-4-10-15/h5-8,11-15,20H,1-4,9-10,23-24H2,(H,25,26,27). The second-order valence-electron chi connectivity index (χ2n) is 7.39. The first kappa shape index (κ1) is 17.7. The van der Waals surface area contributed by atoms with Crippen molar-refractivity contribution in [3.8, 4) is 0 Å². The molecule has 1 fully saturated rings. The van der Waals surface area contributed by atoms with E-state index in [9.17, 15) is 0 Å². The van der Waals surface area contributed by atoms with Gasteiger partial charge in [0, 0.05) is 22.6 Å². The molecule has 1 unspecified atom stereocenters. The van der Waals surface area contributed by atoms with Crippen LogP contribution < -0.4 is 16.8 Å². The van der Waals surface area contributed by atoms with Crippen molar-refractivity contribution < 1.29 is 0 Å². The van der Waals surface area contributed by atoms with Crippen molar-refractivity contribution in [2.45, 2.75) is 50.6 Å². The van der Waals surface area contributed by atoms with Crippen LogP contribution in [0.25, 0.3) is 10.9 Å². The molecule has 1 aromatic heterocycles. The first-order valence-electron chi connectivity index (χ1n) is 9.85. The molecular weight excluding hydrogens is 334 g/mol. The molecule has 1 aliphatic rings. The van der Waals surface area contributed by atoms with E-state index in [2.05, 4.69) is 5.32 Å². The van der Waals surface area contributed by atoms with Crippen molar-refractivity contribution in [2.75, 3.05) is 11.1 Å². The molecule has 1 saturated carbocycles. The second kappa shape index (κ2) is 7.92. The van der Waals surface area contributed by atoms with E-state index in [1.54, 1.807) is 0 Å². The molecule has 0 bridgehead atoms. The lowest BCUT2D eigenvalue weighted by Gasteiger charge is -2.20.